The number of nitrogens with one attached hydrogen (secondary N) is 1. The van der Waals surface area contributed by atoms with Crippen molar-refractivity contribution in [3.05, 3.63) is 71.2 Å². The molecule has 1 fully saturated rings. The molecule has 1 aromatic heterocycles. The molecule has 2 aliphatic rings. The molecule has 0 bridgehead atoms. The molecule has 1 N–H and O–H groups in total. The smallest absolute Gasteiger partial charge is 0.322 e. The van der Waals surface area contributed by atoms with E-state index in [1.165, 1.54) is 18.6 Å². The molecule has 5 rings (SSSR count). The first-order chi connectivity index (χ1) is 16.5. The predicted molar refractivity (Wildman–Crippen MR) is 129 cm³/mol. The van der Waals surface area contributed by atoms with Crippen molar-refractivity contribution in [1.29, 1.82) is 0 Å². The highest BCUT2D eigenvalue weighted by molar-refractivity contribution is 5.89. The Hall–Kier alpha value is -3.68. The number of nitrogens with zero attached hydrogens (tertiary/aromatic N) is 4. The van der Waals surface area contributed by atoms with Crippen LogP contribution >= 0.6 is 0 Å². The molecule has 0 unspecified atom stereocenters. The van der Waals surface area contributed by atoms with E-state index in [-0.39, 0.29) is 11.8 Å². The van der Waals surface area contributed by atoms with Crippen molar-refractivity contribution in [2.75, 3.05) is 29.9 Å². The van der Waals surface area contributed by atoms with Crippen molar-refractivity contribution >= 4 is 17.7 Å². The van der Waals surface area contributed by atoms with Gasteiger partial charge in [-0.2, -0.15) is 4.98 Å². The minimum atomic E-state index is -0.329. The number of piperidine rings is 1. The third kappa shape index (κ3) is 4.95. The quantitative estimate of drug-likeness (QED) is 0.571. The minimum Gasteiger partial charge on any atom is -0.438 e. The molecule has 2 aromatic carbocycles. The summed E-state index contributed by atoms with van der Waals surface area (Å²) in [6.45, 7) is 4.73. The zero-order valence-electron chi connectivity index (χ0n) is 19.3. The Morgan fingerprint density at radius 2 is 1.71 bits per heavy atom. The van der Waals surface area contributed by atoms with Gasteiger partial charge in [0.25, 0.3) is 0 Å². The summed E-state index contributed by atoms with van der Waals surface area (Å²) in [5.41, 5.74) is 3.57. The molecule has 0 saturated carbocycles. The Balaban J connectivity index is 1.42. The molecule has 8 heteroatoms. The summed E-state index contributed by atoms with van der Waals surface area (Å²) in [5.74, 6) is 1.25. The molecule has 0 spiro atoms. The van der Waals surface area contributed by atoms with E-state index in [2.05, 4.69) is 10.2 Å². The number of hydrogen-bond acceptors (Lipinski definition) is 5. The highest BCUT2D eigenvalue weighted by Gasteiger charge is 2.28. The zero-order valence-corrected chi connectivity index (χ0v) is 19.3. The van der Waals surface area contributed by atoms with Gasteiger partial charge >= 0.3 is 6.03 Å². The molecule has 3 heterocycles. The number of amides is 2. The number of benzene rings is 2. The van der Waals surface area contributed by atoms with E-state index in [1.807, 2.05) is 31.2 Å². The highest BCUT2D eigenvalue weighted by atomic mass is 19.1. The van der Waals surface area contributed by atoms with Crippen molar-refractivity contribution in [1.82, 2.24) is 14.9 Å². The van der Waals surface area contributed by atoms with Crippen LogP contribution in [0.15, 0.2) is 48.5 Å². The van der Waals surface area contributed by atoms with Gasteiger partial charge in [0.1, 0.15) is 11.6 Å². The number of hydrogen-bond donors (Lipinski definition) is 1. The van der Waals surface area contributed by atoms with Crippen LogP contribution in [0.2, 0.25) is 0 Å². The SMILES string of the molecule is Cc1ccc(NC(=O)N2CCc3nc(N4CCCCC4)nc(Oc4ccc(F)cc4)c3C2)cc1. The number of anilines is 2. The Kier molecular flexibility index (Phi) is 6.29. The predicted octanol–water partition coefficient (Wildman–Crippen LogP) is 5.30. The van der Waals surface area contributed by atoms with Gasteiger partial charge in [0.05, 0.1) is 17.8 Å². The first-order valence-corrected chi connectivity index (χ1v) is 11.8. The Morgan fingerprint density at radius 1 is 0.971 bits per heavy atom. The Morgan fingerprint density at radius 3 is 2.44 bits per heavy atom. The van der Waals surface area contributed by atoms with Crippen LogP contribution in [0.1, 0.15) is 36.1 Å². The molecule has 34 heavy (non-hydrogen) atoms. The first-order valence-electron chi connectivity index (χ1n) is 11.8. The van der Waals surface area contributed by atoms with Crippen molar-refractivity contribution in [3.63, 3.8) is 0 Å². The lowest BCUT2D eigenvalue weighted by molar-refractivity contribution is 0.205. The van der Waals surface area contributed by atoms with Crippen LogP contribution < -0.4 is 15.0 Å². The summed E-state index contributed by atoms with van der Waals surface area (Å²) in [4.78, 5) is 26.5. The third-order valence-electron chi connectivity index (χ3n) is 6.27. The van der Waals surface area contributed by atoms with Crippen molar-refractivity contribution in [3.8, 4) is 11.6 Å². The average molecular weight is 462 g/mol. The van der Waals surface area contributed by atoms with Crippen molar-refractivity contribution in [2.24, 2.45) is 0 Å². The van der Waals surface area contributed by atoms with Gasteiger partial charge < -0.3 is 19.9 Å². The summed E-state index contributed by atoms with van der Waals surface area (Å²) in [6.07, 6.45) is 4.05. The second-order valence-electron chi connectivity index (χ2n) is 8.83. The summed E-state index contributed by atoms with van der Waals surface area (Å²) in [7, 11) is 0. The topological polar surface area (TPSA) is 70.6 Å². The number of halogens is 1. The molecule has 0 atom stereocenters. The monoisotopic (exact) mass is 461 g/mol. The van der Waals surface area contributed by atoms with Gasteiger partial charge in [0, 0.05) is 31.7 Å². The van der Waals surface area contributed by atoms with Gasteiger partial charge in [0.15, 0.2) is 0 Å². The molecule has 176 valence electrons. The third-order valence-corrected chi connectivity index (χ3v) is 6.27. The lowest BCUT2D eigenvalue weighted by atomic mass is 10.1. The average Bonchev–Trinajstić information content (AvgIpc) is 2.87. The number of urea groups is 1. The lowest BCUT2D eigenvalue weighted by Crippen LogP contribution is -2.40. The summed E-state index contributed by atoms with van der Waals surface area (Å²) in [5, 5.41) is 2.96. The molecular formula is C26H28FN5O2. The van der Waals surface area contributed by atoms with Crippen LogP contribution in [-0.2, 0) is 13.0 Å². The van der Waals surface area contributed by atoms with Gasteiger partial charge in [-0.25, -0.2) is 14.2 Å². The molecule has 1 saturated heterocycles. The summed E-state index contributed by atoms with van der Waals surface area (Å²) >= 11 is 0. The zero-order chi connectivity index (χ0) is 23.5. The van der Waals surface area contributed by atoms with E-state index in [9.17, 15) is 9.18 Å². The number of carbonyl (C=O) groups excluding carboxylic acids is 1. The molecule has 0 radical (unpaired) electrons. The largest absolute Gasteiger partial charge is 0.438 e. The fourth-order valence-corrected chi connectivity index (χ4v) is 4.32. The summed E-state index contributed by atoms with van der Waals surface area (Å²) < 4.78 is 19.5. The van der Waals surface area contributed by atoms with Crippen molar-refractivity contribution < 1.29 is 13.9 Å². The maximum atomic E-state index is 13.4. The molecule has 7 nitrogen and oxygen atoms in total. The molecule has 3 aromatic rings. The van der Waals surface area contributed by atoms with Gasteiger partial charge in [-0.15, -0.1) is 0 Å². The Labute approximate surface area is 198 Å². The van der Waals surface area contributed by atoms with E-state index in [0.29, 0.717) is 37.1 Å². The first kappa shape index (κ1) is 22.1. The lowest BCUT2D eigenvalue weighted by Gasteiger charge is -2.32. The van der Waals surface area contributed by atoms with Gasteiger partial charge in [-0.3, -0.25) is 0 Å². The van der Waals surface area contributed by atoms with Gasteiger partial charge in [0.2, 0.25) is 11.8 Å². The summed E-state index contributed by atoms with van der Waals surface area (Å²) in [6, 6.07) is 13.4. The number of rotatable bonds is 4. The van der Waals surface area contributed by atoms with Crippen LogP contribution in [0, 0.1) is 12.7 Å². The highest BCUT2D eigenvalue weighted by Crippen LogP contribution is 2.32. The van der Waals surface area contributed by atoms with E-state index in [4.69, 9.17) is 14.7 Å². The number of ether oxygens (including phenoxy) is 1. The minimum absolute atomic E-state index is 0.178. The van der Waals surface area contributed by atoms with Crippen LogP contribution in [0.4, 0.5) is 20.8 Å². The molecular weight excluding hydrogens is 433 g/mol. The second kappa shape index (κ2) is 9.67. The van der Waals surface area contributed by atoms with Gasteiger partial charge in [-0.05, 0) is 62.6 Å². The number of fused-ring (bicyclic) bond motifs is 1. The van der Waals surface area contributed by atoms with E-state index in [1.54, 1.807) is 17.0 Å². The number of carbonyl (C=O) groups is 1. The number of aryl methyl sites for hydroxylation is 1. The second-order valence-corrected chi connectivity index (χ2v) is 8.83. The fourth-order valence-electron chi connectivity index (χ4n) is 4.32. The molecule has 2 amide bonds. The fraction of sp³-hybridized carbons (Fsp3) is 0.346. The normalized spacial score (nSPS) is 15.6. The van der Waals surface area contributed by atoms with Crippen LogP contribution in [0.3, 0.4) is 0 Å². The maximum absolute atomic E-state index is 13.4. The standard InChI is InChI=1S/C26H28FN5O2/c1-18-5-9-20(10-6-18)28-26(33)32-16-13-23-22(17-32)24(34-21-11-7-19(27)8-12-21)30-25(29-23)31-14-3-2-4-15-31/h5-12H,2-4,13-17H2,1H3,(H,28,33). The Bertz CT molecular complexity index is 1160. The van der Waals surface area contributed by atoms with Crippen molar-refractivity contribution in [2.45, 2.75) is 39.2 Å². The van der Waals surface area contributed by atoms with Crippen LogP contribution in [0.25, 0.3) is 0 Å². The van der Waals surface area contributed by atoms with Crippen LogP contribution in [0.5, 0.6) is 11.6 Å². The van der Waals surface area contributed by atoms with Gasteiger partial charge in [-0.1, -0.05) is 17.7 Å². The molecule has 2 aliphatic heterocycles. The van der Waals surface area contributed by atoms with E-state index >= 15 is 0 Å². The maximum Gasteiger partial charge on any atom is 0.322 e. The number of aromatic nitrogens is 2. The van der Waals surface area contributed by atoms with E-state index in [0.717, 1.165) is 48.4 Å². The molecule has 0 aliphatic carbocycles. The van der Waals surface area contributed by atoms with Crippen LogP contribution in [-0.4, -0.2) is 40.5 Å². The van der Waals surface area contributed by atoms with E-state index < -0.39 is 0 Å².